The van der Waals surface area contributed by atoms with Crippen molar-refractivity contribution in [3.05, 3.63) is 59.7 Å². The van der Waals surface area contributed by atoms with Crippen LogP contribution in [-0.4, -0.2) is 45.7 Å². The average molecular weight is 391 g/mol. The summed E-state index contributed by atoms with van der Waals surface area (Å²) >= 11 is 1.42. The number of likely N-dealkylation sites (N-methyl/N-ethyl adjacent to an activating group) is 1. The molecule has 0 aliphatic rings. The Kier molecular flexibility index (Phi) is 6.36. The first kappa shape index (κ1) is 19.2. The summed E-state index contributed by atoms with van der Waals surface area (Å²) in [5.74, 6) is -0.632. The lowest BCUT2D eigenvalue weighted by molar-refractivity contribution is 0.361. The predicted octanol–water partition coefficient (Wildman–Crippen LogP) is 3.60. The van der Waals surface area contributed by atoms with Crippen molar-refractivity contribution in [1.29, 1.82) is 0 Å². The van der Waals surface area contributed by atoms with E-state index in [-0.39, 0.29) is 11.5 Å². The molecule has 0 saturated heterocycles. The number of rotatable bonds is 8. The van der Waals surface area contributed by atoms with Crippen molar-refractivity contribution < 1.29 is 13.5 Å². The van der Waals surface area contributed by atoms with Gasteiger partial charge in [-0.3, -0.25) is 0 Å². The van der Waals surface area contributed by atoms with Crippen LogP contribution in [0.4, 0.5) is 8.78 Å². The smallest absolute Gasteiger partial charge is 0.209 e. The Morgan fingerprint density at radius 2 is 1.85 bits per heavy atom. The first-order valence-electron chi connectivity index (χ1n) is 8.27. The van der Waals surface area contributed by atoms with Gasteiger partial charge in [0.25, 0.3) is 0 Å². The minimum absolute atomic E-state index is 0.0152. The van der Waals surface area contributed by atoms with Gasteiger partial charge in [-0.1, -0.05) is 30.0 Å². The minimum atomic E-state index is -0.552. The van der Waals surface area contributed by atoms with E-state index >= 15 is 0 Å². The van der Waals surface area contributed by atoms with Crippen LogP contribution in [0.5, 0.6) is 11.5 Å². The van der Waals surface area contributed by atoms with Crippen LogP contribution < -0.4 is 4.74 Å². The summed E-state index contributed by atoms with van der Waals surface area (Å²) in [5, 5.41) is 12.3. The van der Waals surface area contributed by atoms with Gasteiger partial charge in [-0.15, -0.1) is 5.10 Å². The number of para-hydroxylation sites is 1. The van der Waals surface area contributed by atoms with Gasteiger partial charge in [-0.2, -0.15) is 0 Å². The van der Waals surface area contributed by atoms with Crippen LogP contribution in [0.1, 0.15) is 5.56 Å². The lowest BCUT2D eigenvalue weighted by atomic mass is 10.2. The molecule has 0 aliphatic heterocycles. The molecule has 0 unspecified atom stereocenters. The summed E-state index contributed by atoms with van der Waals surface area (Å²) in [4.78, 5) is 2.04. The fourth-order valence-electron chi connectivity index (χ4n) is 2.25. The Balaban J connectivity index is 1.63. The molecule has 0 saturated carbocycles. The summed E-state index contributed by atoms with van der Waals surface area (Å²) in [7, 11) is 3.95. The fraction of sp³-hybridized carbons (Fsp3) is 0.278. The van der Waals surface area contributed by atoms with Crippen molar-refractivity contribution in [2.75, 3.05) is 20.6 Å². The molecular formula is C18H19F2N5OS. The lowest BCUT2D eigenvalue weighted by Gasteiger charge is -2.10. The second-order valence-electron chi connectivity index (χ2n) is 6.07. The standard InChI is InChI=1S/C18H19F2N5OS/c1-24(2)9-10-25-18(21-22-23-25)27-12-13-7-8-17(15(20)11-13)26-16-6-4-3-5-14(16)19/h3-8,11H,9-10,12H2,1-2H3. The van der Waals surface area contributed by atoms with E-state index in [0.717, 1.165) is 12.1 Å². The zero-order chi connectivity index (χ0) is 19.2. The zero-order valence-electron chi connectivity index (χ0n) is 15.0. The van der Waals surface area contributed by atoms with E-state index in [1.165, 1.54) is 36.0 Å². The second kappa shape index (κ2) is 8.92. The number of hydrogen-bond acceptors (Lipinski definition) is 6. The highest BCUT2D eigenvalue weighted by atomic mass is 32.2. The third kappa shape index (κ3) is 5.24. The van der Waals surface area contributed by atoms with Crippen LogP contribution in [-0.2, 0) is 12.3 Å². The lowest BCUT2D eigenvalue weighted by Crippen LogP contribution is -2.19. The quantitative estimate of drug-likeness (QED) is 0.547. The van der Waals surface area contributed by atoms with Crippen LogP contribution in [0.2, 0.25) is 0 Å². The maximum absolute atomic E-state index is 14.3. The van der Waals surface area contributed by atoms with Gasteiger partial charge in [0, 0.05) is 12.3 Å². The second-order valence-corrected chi connectivity index (χ2v) is 7.02. The van der Waals surface area contributed by atoms with Crippen LogP contribution in [0, 0.1) is 11.6 Å². The molecule has 9 heteroatoms. The first-order chi connectivity index (χ1) is 13.0. The Hall–Kier alpha value is -2.52. The van der Waals surface area contributed by atoms with Crippen molar-refractivity contribution in [3.8, 4) is 11.5 Å². The molecule has 142 valence electrons. The van der Waals surface area contributed by atoms with E-state index in [2.05, 4.69) is 15.5 Å². The molecule has 27 heavy (non-hydrogen) atoms. The van der Waals surface area contributed by atoms with Crippen LogP contribution in [0.3, 0.4) is 0 Å². The molecule has 1 heterocycles. The molecule has 2 aromatic carbocycles. The van der Waals surface area contributed by atoms with E-state index < -0.39 is 11.6 Å². The maximum atomic E-state index is 14.3. The van der Waals surface area contributed by atoms with E-state index in [9.17, 15) is 8.78 Å². The van der Waals surface area contributed by atoms with Gasteiger partial charge in [0.05, 0.1) is 6.54 Å². The number of tetrazole rings is 1. The molecule has 0 spiro atoms. The molecule has 0 N–H and O–H groups in total. The summed E-state index contributed by atoms with van der Waals surface area (Å²) in [5.41, 5.74) is 0.751. The molecule has 3 aromatic rings. The summed E-state index contributed by atoms with van der Waals surface area (Å²) in [6, 6.07) is 10.5. The Bertz CT molecular complexity index is 903. The van der Waals surface area contributed by atoms with Crippen molar-refractivity contribution in [2.24, 2.45) is 0 Å². The molecule has 1 aromatic heterocycles. The number of halogens is 2. The van der Waals surface area contributed by atoms with Gasteiger partial charge < -0.3 is 9.64 Å². The van der Waals surface area contributed by atoms with Gasteiger partial charge in [-0.25, -0.2) is 13.5 Å². The largest absolute Gasteiger partial charge is 0.451 e. The number of nitrogens with zero attached hydrogens (tertiary/aromatic N) is 5. The van der Waals surface area contributed by atoms with Gasteiger partial charge in [-0.05, 0) is 54.4 Å². The van der Waals surface area contributed by atoms with Crippen LogP contribution >= 0.6 is 11.8 Å². The molecule has 0 amide bonds. The van der Waals surface area contributed by atoms with Crippen molar-refractivity contribution in [1.82, 2.24) is 25.1 Å². The van der Waals surface area contributed by atoms with E-state index in [0.29, 0.717) is 17.5 Å². The Morgan fingerprint density at radius 3 is 2.59 bits per heavy atom. The highest BCUT2D eigenvalue weighted by Crippen LogP contribution is 2.28. The van der Waals surface area contributed by atoms with E-state index in [1.807, 2.05) is 19.0 Å². The van der Waals surface area contributed by atoms with E-state index in [1.54, 1.807) is 22.9 Å². The molecule has 0 aliphatic carbocycles. The molecule has 3 rings (SSSR count). The third-order valence-electron chi connectivity index (χ3n) is 3.68. The normalized spacial score (nSPS) is 11.1. The monoisotopic (exact) mass is 391 g/mol. The van der Waals surface area contributed by atoms with Gasteiger partial charge in [0.15, 0.2) is 23.1 Å². The van der Waals surface area contributed by atoms with Gasteiger partial charge in [0.1, 0.15) is 0 Å². The number of aromatic nitrogens is 4. The Morgan fingerprint density at radius 1 is 1.07 bits per heavy atom. The number of hydrogen-bond donors (Lipinski definition) is 0. The maximum Gasteiger partial charge on any atom is 0.209 e. The molecule has 0 bridgehead atoms. The average Bonchev–Trinajstić information content (AvgIpc) is 3.09. The third-order valence-corrected chi connectivity index (χ3v) is 4.71. The van der Waals surface area contributed by atoms with Crippen molar-refractivity contribution >= 4 is 11.8 Å². The number of ether oxygens (including phenoxy) is 1. The van der Waals surface area contributed by atoms with Gasteiger partial charge in [0.2, 0.25) is 5.16 Å². The van der Waals surface area contributed by atoms with E-state index in [4.69, 9.17) is 4.74 Å². The molecule has 0 radical (unpaired) electrons. The predicted molar refractivity (Wildman–Crippen MR) is 98.8 cm³/mol. The van der Waals surface area contributed by atoms with Crippen molar-refractivity contribution in [2.45, 2.75) is 17.5 Å². The van der Waals surface area contributed by atoms with Crippen LogP contribution in [0.15, 0.2) is 47.6 Å². The highest BCUT2D eigenvalue weighted by molar-refractivity contribution is 7.98. The Labute approximate surface area is 160 Å². The SMILES string of the molecule is CN(C)CCn1nnnc1SCc1ccc(Oc2ccccc2F)c(F)c1. The number of benzene rings is 2. The summed E-state index contributed by atoms with van der Waals surface area (Å²) in [6.45, 7) is 1.49. The molecule has 0 fully saturated rings. The fourth-order valence-corrected chi connectivity index (χ4v) is 3.09. The topological polar surface area (TPSA) is 56.1 Å². The summed E-state index contributed by atoms with van der Waals surface area (Å²) in [6.07, 6.45) is 0. The molecule has 0 atom stereocenters. The van der Waals surface area contributed by atoms with Gasteiger partial charge >= 0.3 is 0 Å². The molecule has 6 nitrogen and oxygen atoms in total. The summed E-state index contributed by atoms with van der Waals surface area (Å²) < 4.78 is 35.0. The number of thioether (sulfide) groups is 1. The molecular weight excluding hydrogens is 372 g/mol. The zero-order valence-corrected chi connectivity index (χ0v) is 15.8. The van der Waals surface area contributed by atoms with Crippen molar-refractivity contribution in [3.63, 3.8) is 0 Å². The van der Waals surface area contributed by atoms with Crippen LogP contribution in [0.25, 0.3) is 0 Å². The minimum Gasteiger partial charge on any atom is -0.451 e. The first-order valence-corrected chi connectivity index (χ1v) is 9.26. The highest BCUT2D eigenvalue weighted by Gasteiger charge is 2.11.